The van der Waals surface area contributed by atoms with Gasteiger partial charge < -0.3 is 19.9 Å². The van der Waals surface area contributed by atoms with Gasteiger partial charge in [0, 0.05) is 42.8 Å². The minimum absolute atomic E-state index is 0.00520. The second-order valence-electron chi connectivity index (χ2n) is 7.88. The largest absolute Gasteiger partial charge is 0.483 e. The number of anilines is 2. The average molecular weight is 464 g/mol. The number of benzene rings is 2. The maximum absolute atomic E-state index is 12.3. The van der Waals surface area contributed by atoms with Gasteiger partial charge in [0.05, 0.1) is 10.7 Å². The lowest BCUT2D eigenvalue weighted by molar-refractivity contribution is -0.134. The Hall–Kier alpha value is -2.44. The van der Waals surface area contributed by atoms with E-state index in [1.54, 1.807) is 24.3 Å². The van der Waals surface area contributed by atoms with Crippen LogP contribution in [-0.4, -0.2) is 49.5 Å². The molecule has 31 heavy (non-hydrogen) atoms. The maximum Gasteiger partial charge on any atom is 0.262 e. The van der Waals surface area contributed by atoms with Crippen LogP contribution >= 0.6 is 23.2 Å². The van der Waals surface area contributed by atoms with Crippen molar-refractivity contribution in [3.8, 4) is 5.75 Å². The molecule has 1 saturated heterocycles. The van der Waals surface area contributed by atoms with Gasteiger partial charge in [-0.15, -0.1) is 0 Å². The lowest BCUT2D eigenvalue weighted by Crippen LogP contribution is -2.50. The second-order valence-corrected chi connectivity index (χ2v) is 8.72. The Labute approximate surface area is 193 Å². The van der Waals surface area contributed by atoms with Crippen molar-refractivity contribution in [2.24, 2.45) is 5.92 Å². The molecule has 0 bridgehead atoms. The fourth-order valence-corrected chi connectivity index (χ4v) is 4.02. The van der Waals surface area contributed by atoms with Crippen molar-refractivity contribution in [2.75, 3.05) is 43.0 Å². The van der Waals surface area contributed by atoms with Crippen LogP contribution in [0.2, 0.25) is 10.0 Å². The number of hydrogen-bond donors (Lipinski definition) is 1. The molecule has 2 aromatic rings. The van der Waals surface area contributed by atoms with Crippen LogP contribution in [0.4, 0.5) is 11.4 Å². The number of amides is 2. The molecule has 1 fully saturated rings. The minimum Gasteiger partial charge on any atom is -0.483 e. The molecule has 3 rings (SSSR count). The Morgan fingerprint density at radius 1 is 1.06 bits per heavy atom. The molecule has 1 aliphatic heterocycles. The van der Waals surface area contributed by atoms with E-state index in [9.17, 15) is 9.59 Å². The van der Waals surface area contributed by atoms with Gasteiger partial charge in [-0.1, -0.05) is 37.0 Å². The summed E-state index contributed by atoms with van der Waals surface area (Å²) in [7, 11) is 0. The van der Waals surface area contributed by atoms with Crippen molar-refractivity contribution >= 4 is 46.4 Å². The Kier molecular flexibility index (Phi) is 7.68. The summed E-state index contributed by atoms with van der Waals surface area (Å²) in [6, 6.07) is 10.7. The average Bonchev–Trinajstić information content (AvgIpc) is 2.73. The van der Waals surface area contributed by atoms with Gasteiger partial charge in [0.25, 0.3) is 5.91 Å². The predicted molar refractivity (Wildman–Crippen MR) is 125 cm³/mol. The highest BCUT2D eigenvalue weighted by Gasteiger charge is 2.24. The SMILES string of the molecule is Cc1cc(Cl)ccc1OCC(=O)Nc1ccc(N2CCN(C(=O)C(C)C)CC2)c(Cl)c1. The van der Waals surface area contributed by atoms with E-state index in [0.717, 1.165) is 24.3 Å². The minimum atomic E-state index is -0.279. The van der Waals surface area contributed by atoms with Crippen LogP contribution in [0.15, 0.2) is 36.4 Å². The molecule has 0 aliphatic carbocycles. The van der Waals surface area contributed by atoms with Gasteiger partial charge in [0.2, 0.25) is 5.91 Å². The molecule has 1 aliphatic rings. The number of hydrogen-bond acceptors (Lipinski definition) is 4. The summed E-state index contributed by atoms with van der Waals surface area (Å²) in [6.45, 7) is 8.38. The Morgan fingerprint density at radius 2 is 1.77 bits per heavy atom. The molecule has 0 atom stereocenters. The molecule has 166 valence electrons. The molecule has 0 saturated carbocycles. The summed E-state index contributed by atoms with van der Waals surface area (Å²) in [5, 5.41) is 3.98. The highest BCUT2D eigenvalue weighted by molar-refractivity contribution is 6.33. The number of carbonyl (C=O) groups is 2. The van der Waals surface area contributed by atoms with E-state index in [4.69, 9.17) is 27.9 Å². The zero-order chi connectivity index (χ0) is 22.5. The Morgan fingerprint density at radius 3 is 2.39 bits per heavy atom. The summed E-state index contributed by atoms with van der Waals surface area (Å²) >= 11 is 12.4. The van der Waals surface area contributed by atoms with Gasteiger partial charge in [-0.05, 0) is 48.9 Å². The molecule has 0 aromatic heterocycles. The monoisotopic (exact) mass is 463 g/mol. The first-order valence-electron chi connectivity index (χ1n) is 10.3. The van der Waals surface area contributed by atoms with Gasteiger partial charge in [-0.3, -0.25) is 9.59 Å². The van der Waals surface area contributed by atoms with Crippen LogP contribution in [0.1, 0.15) is 19.4 Å². The molecule has 6 nitrogen and oxygen atoms in total. The fourth-order valence-electron chi connectivity index (χ4n) is 3.49. The first kappa shape index (κ1) is 23.2. The lowest BCUT2D eigenvalue weighted by Gasteiger charge is -2.37. The predicted octanol–water partition coefficient (Wildman–Crippen LogP) is 4.62. The van der Waals surface area contributed by atoms with Crippen molar-refractivity contribution in [1.29, 1.82) is 0 Å². The molecule has 2 amide bonds. The van der Waals surface area contributed by atoms with E-state index in [2.05, 4.69) is 10.2 Å². The number of rotatable bonds is 6. The number of ether oxygens (including phenoxy) is 1. The fraction of sp³-hybridized carbons (Fsp3) is 0.391. The van der Waals surface area contributed by atoms with E-state index in [1.165, 1.54) is 0 Å². The van der Waals surface area contributed by atoms with Crippen LogP contribution in [0.25, 0.3) is 0 Å². The third-order valence-electron chi connectivity index (χ3n) is 5.15. The molecule has 2 aromatic carbocycles. The van der Waals surface area contributed by atoms with Crippen LogP contribution in [0, 0.1) is 12.8 Å². The highest BCUT2D eigenvalue weighted by atomic mass is 35.5. The van der Waals surface area contributed by atoms with E-state index >= 15 is 0 Å². The van der Waals surface area contributed by atoms with Gasteiger partial charge in [-0.2, -0.15) is 0 Å². The van der Waals surface area contributed by atoms with E-state index in [0.29, 0.717) is 34.6 Å². The third kappa shape index (κ3) is 6.05. The van der Waals surface area contributed by atoms with Crippen molar-refractivity contribution in [1.82, 2.24) is 4.90 Å². The van der Waals surface area contributed by atoms with Crippen molar-refractivity contribution in [3.05, 3.63) is 52.0 Å². The molecule has 0 radical (unpaired) electrons. The summed E-state index contributed by atoms with van der Waals surface area (Å²) in [4.78, 5) is 28.5. The first-order valence-corrected chi connectivity index (χ1v) is 11.0. The highest BCUT2D eigenvalue weighted by Crippen LogP contribution is 2.30. The number of nitrogens with zero attached hydrogens (tertiary/aromatic N) is 2. The van der Waals surface area contributed by atoms with E-state index < -0.39 is 0 Å². The van der Waals surface area contributed by atoms with Crippen LogP contribution in [-0.2, 0) is 9.59 Å². The molecule has 8 heteroatoms. The lowest BCUT2D eigenvalue weighted by atomic mass is 10.1. The van der Waals surface area contributed by atoms with Crippen LogP contribution in [0.3, 0.4) is 0 Å². The molecule has 0 spiro atoms. The number of piperazine rings is 1. The van der Waals surface area contributed by atoms with Gasteiger partial charge >= 0.3 is 0 Å². The summed E-state index contributed by atoms with van der Waals surface area (Å²) in [5.41, 5.74) is 2.36. The third-order valence-corrected chi connectivity index (χ3v) is 5.69. The molecule has 0 unspecified atom stereocenters. The quantitative estimate of drug-likeness (QED) is 0.678. The molecular formula is C23H27Cl2N3O3. The zero-order valence-electron chi connectivity index (χ0n) is 18.0. The number of aryl methyl sites for hydroxylation is 1. The van der Waals surface area contributed by atoms with Gasteiger partial charge in [0.15, 0.2) is 6.61 Å². The number of carbonyl (C=O) groups excluding carboxylic acids is 2. The standard InChI is InChI=1S/C23H27Cl2N3O3/c1-15(2)23(30)28-10-8-27(9-11-28)20-6-5-18(13-19(20)25)26-22(29)14-31-21-7-4-17(24)12-16(21)3/h4-7,12-13,15H,8-11,14H2,1-3H3,(H,26,29). The summed E-state index contributed by atoms with van der Waals surface area (Å²) < 4.78 is 5.58. The molecule has 1 heterocycles. The van der Waals surface area contributed by atoms with Gasteiger partial charge in [-0.25, -0.2) is 0 Å². The Balaban J connectivity index is 1.54. The summed E-state index contributed by atoms with van der Waals surface area (Å²) in [5.74, 6) is 0.521. The number of nitrogens with one attached hydrogen (secondary N) is 1. The van der Waals surface area contributed by atoms with Crippen molar-refractivity contribution in [3.63, 3.8) is 0 Å². The molecular weight excluding hydrogens is 437 g/mol. The normalized spacial score (nSPS) is 14.0. The van der Waals surface area contributed by atoms with Crippen molar-refractivity contribution < 1.29 is 14.3 Å². The van der Waals surface area contributed by atoms with Crippen LogP contribution < -0.4 is 15.0 Å². The second kappa shape index (κ2) is 10.2. The van der Waals surface area contributed by atoms with Gasteiger partial charge in [0.1, 0.15) is 5.75 Å². The van der Waals surface area contributed by atoms with E-state index in [1.807, 2.05) is 37.8 Å². The molecule has 1 N–H and O–H groups in total. The smallest absolute Gasteiger partial charge is 0.262 e. The van der Waals surface area contributed by atoms with Crippen molar-refractivity contribution in [2.45, 2.75) is 20.8 Å². The summed E-state index contributed by atoms with van der Waals surface area (Å²) in [6.07, 6.45) is 0. The topological polar surface area (TPSA) is 61.9 Å². The maximum atomic E-state index is 12.3. The zero-order valence-corrected chi connectivity index (χ0v) is 19.5. The number of halogens is 2. The first-order chi connectivity index (χ1) is 14.7. The van der Waals surface area contributed by atoms with E-state index in [-0.39, 0.29) is 24.3 Å². The van der Waals surface area contributed by atoms with Crippen LogP contribution in [0.5, 0.6) is 5.75 Å². The Bertz CT molecular complexity index is 957.